The van der Waals surface area contributed by atoms with Crippen LogP contribution >= 0.6 is 0 Å². The SMILES string of the molecule is CN1CC2CN(C)C(C1)C1(CCOC1)C2. The van der Waals surface area contributed by atoms with Gasteiger partial charge in [0.25, 0.3) is 0 Å². The van der Waals surface area contributed by atoms with Gasteiger partial charge in [0.2, 0.25) is 0 Å². The van der Waals surface area contributed by atoms with E-state index in [4.69, 9.17) is 4.74 Å². The summed E-state index contributed by atoms with van der Waals surface area (Å²) >= 11 is 0. The van der Waals surface area contributed by atoms with Gasteiger partial charge < -0.3 is 14.5 Å². The Labute approximate surface area is 92.4 Å². The van der Waals surface area contributed by atoms with E-state index in [1.807, 2.05) is 0 Å². The topological polar surface area (TPSA) is 15.7 Å². The summed E-state index contributed by atoms with van der Waals surface area (Å²) in [6.45, 7) is 5.79. The van der Waals surface area contributed by atoms with Crippen LogP contribution in [0.3, 0.4) is 0 Å². The van der Waals surface area contributed by atoms with E-state index in [2.05, 4.69) is 23.9 Å². The Hall–Kier alpha value is -0.120. The predicted molar refractivity (Wildman–Crippen MR) is 59.9 cm³/mol. The summed E-state index contributed by atoms with van der Waals surface area (Å²) in [4.78, 5) is 5.11. The van der Waals surface area contributed by atoms with Gasteiger partial charge in [-0.1, -0.05) is 0 Å². The lowest BCUT2D eigenvalue weighted by Crippen LogP contribution is -2.54. The van der Waals surface area contributed by atoms with Gasteiger partial charge >= 0.3 is 0 Å². The molecule has 0 saturated carbocycles. The van der Waals surface area contributed by atoms with Gasteiger partial charge in [-0.05, 0) is 32.9 Å². The molecule has 0 radical (unpaired) electrons. The molecule has 0 aromatic heterocycles. The zero-order valence-electron chi connectivity index (χ0n) is 9.91. The van der Waals surface area contributed by atoms with Gasteiger partial charge in [-0.3, -0.25) is 0 Å². The molecule has 4 fully saturated rings. The van der Waals surface area contributed by atoms with Gasteiger partial charge in [-0.2, -0.15) is 0 Å². The lowest BCUT2D eigenvalue weighted by Gasteiger charge is -2.46. The normalized spacial score (nSPS) is 47.6. The van der Waals surface area contributed by atoms with E-state index in [9.17, 15) is 0 Å². The Morgan fingerprint density at radius 2 is 2.07 bits per heavy atom. The Balaban J connectivity index is 1.91. The van der Waals surface area contributed by atoms with Crippen LogP contribution in [0.15, 0.2) is 0 Å². The molecule has 4 aliphatic rings. The van der Waals surface area contributed by atoms with Gasteiger partial charge in [0.15, 0.2) is 0 Å². The lowest BCUT2D eigenvalue weighted by atomic mass is 9.70. The number of likely N-dealkylation sites (N-methyl/N-ethyl adjacent to an activating group) is 2. The second-order valence-electron chi connectivity index (χ2n) is 5.91. The molecule has 0 aliphatic carbocycles. The van der Waals surface area contributed by atoms with Crippen LogP contribution in [0.4, 0.5) is 0 Å². The van der Waals surface area contributed by atoms with Crippen LogP contribution in [-0.4, -0.2) is 62.8 Å². The minimum Gasteiger partial charge on any atom is -0.381 e. The van der Waals surface area contributed by atoms with Crippen molar-refractivity contribution in [1.82, 2.24) is 9.80 Å². The molecule has 3 nitrogen and oxygen atoms in total. The molecule has 4 rings (SSSR count). The van der Waals surface area contributed by atoms with Crippen molar-refractivity contribution in [3.63, 3.8) is 0 Å². The molecule has 0 aromatic rings. The first-order chi connectivity index (χ1) is 7.20. The molecule has 0 N–H and O–H groups in total. The molecule has 4 heterocycles. The molecule has 1 spiro atoms. The lowest BCUT2D eigenvalue weighted by molar-refractivity contribution is 0.00885. The fourth-order valence-electron chi connectivity index (χ4n) is 4.09. The molecule has 15 heavy (non-hydrogen) atoms. The molecule has 4 aliphatic heterocycles. The smallest absolute Gasteiger partial charge is 0.0538 e. The summed E-state index contributed by atoms with van der Waals surface area (Å²) in [6.07, 6.45) is 2.68. The maximum atomic E-state index is 5.68. The molecular formula is C12H22N2O. The van der Waals surface area contributed by atoms with Crippen molar-refractivity contribution in [2.75, 3.05) is 46.9 Å². The first-order valence-electron chi connectivity index (χ1n) is 6.16. The highest BCUT2D eigenvalue weighted by Gasteiger charge is 2.51. The average Bonchev–Trinajstić information content (AvgIpc) is 2.50. The Morgan fingerprint density at radius 3 is 2.80 bits per heavy atom. The van der Waals surface area contributed by atoms with Crippen LogP contribution in [0.5, 0.6) is 0 Å². The summed E-state index contributed by atoms with van der Waals surface area (Å²) in [6, 6.07) is 0.726. The standard InChI is InChI=1S/C12H22N2O/c1-13-6-10-5-12(3-4-15-9-12)11(8-13)14(2)7-10/h10-11H,3-9H2,1-2H3. The Bertz CT molecular complexity index is 248. The van der Waals surface area contributed by atoms with Crippen molar-refractivity contribution in [2.24, 2.45) is 11.3 Å². The van der Waals surface area contributed by atoms with E-state index < -0.39 is 0 Å². The highest BCUT2D eigenvalue weighted by molar-refractivity contribution is 5.03. The van der Waals surface area contributed by atoms with Crippen LogP contribution in [-0.2, 0) is 4.74 Å². The van der Waals surface area contributed by atoms with Crippen LogP contribution in [0, 0.1) is 11.3 Å². The summed E-state index contributed by atoms with van der Waals surface area (Å²) in [5.41, 5.74) is 0.489. The third-order valence-corrected chi connectivity index (χ3v) is 4.67. The molecule has 3 unspecified atom stereocenters. The fraction of sp³-hybridized carbons (Fsp3) is 1.00. The number of nitrogens with zero attached hydrogens (tertiary/aromatic N) is 2. The van der Waals surface area contributed by atoms with Crippen molar-refractivity contribution in [2.45, 2.75) is 18.9 Å². The van der Waals surface area contributed by atoms with Crippen molar-refractivity contribution in [3.05, 3.63) is 0 Å². The van der Waals surface area contributed by atoms with Crippen molar-refractivity contribution >= 4 is 0 Å². The van der Waals surface area contributed by atoms with Gasteiger partial charge in [0, 0.05) is 37.7 Å². The highest BCUT2D eigenvalue weighted by atomic mass is 16.5. The third kappa shape index (κ3) is 1.52. The largest absolute Gasteiger partial charge is 0.381 e. The van der Waals surface area contributed by atoms with Crippen molar-refractivity contribution < 1.29 is 4.74 Å². The van der Waals surface area contributed by atoms with Gasteiger partial charge in [-0.15, -0.1) is 0 Å². The number of hydrogen-bond donors (Lipinski definition) is 0. The average molecular weight is 210 g/mol. The van der Waals surface area contributed by atoms with Crippen molar-refractivity contribution in [3.8, 4) is 0 Å². The van der Waals surface area contributed by atoms with Gasteiger partial charge in [0.05, 0.1) is 6.61 Å². The maximum absolute atomic E-state index is 5.68. The van der Waals surface area contributed by atoms with Gasteiger partial charge in [0.1, 0.15) is 0 Å². The minimum absolute atomic E-state index is 0.489. The molecule has 0 amide bonds. The summed E-state index contributed by atoms with van der Waals surface area (Å²) < 4.78 is 5.68. The Kier molecular flexibility index (Phi) is 2.31. The quantitative estimate of drug-likeness (QED) is 0.584. The first-order valence-corrected chi connectivity index (χ1v) is 6.16. The monoisotopic (exact) mass is 210 g/mol. The van der Waals surface area contributed by atoms with Gasteiger partial charge in [-0.25, -0.2) is 0 Å². The fourth-order valence-corrected chi connectivity index (χ4v) is 4.09. The molecule has 3 atom stereocenters. The summed E-state index contributed by atoms with van der Waals surface area (Å²) in [5.74, 6) is 0.862. The number of hydrogen-bond acceptors (Lipinski definition) is 3. The highest BCUT2D eigenvalue weighted by Crippen LogP contribution is 2.46. The predicted octanol–water partition coefficient (Wildman–Crippen LogP) is 0.659. The number of rotatable bonds is 0. The number of piperidine rings is 1. The molecule has 0 aromatic carbocycles. The molecule has 3 heteroatoms. The van der Waals surface area contributed by atoms with E-state index in [1.54, 1.807) is 0 Å². The molecule has 4 saturated heterocycles. The van der Waals surface area contributed by atoms with E-state index in [0.29, 0.717) is 5.41 Å². The zero-order valence-corrected chi connectivity index (χ0v) is 9.91. The molecule has 2 bridgehead atoms. The minimum atomic E-state index is 0.489. The zero-order chi connectivity index (χ0) is 10.5. The van der Waals surface area contributed by atoms with Crippen LogP contribution < -0.4 is 0 Å². The maximum Gasteiger partial charge on any atom is 0.0538 e. The van der Waals surface area contributed by atoms with E-state index in [-0.39, 0.29) is 0 Å². The first kappa shape index (κ1) is 10.1. The van der Waals surface area contributed by atoms with Crippen molar-refractivity contribution in [1.29, 1.82) is 0 Å². The number of fused-ring (bicyclic) bond motifs is 3. The number of ether oxygens (including phenoxy) is 1. The summed E-state index contributed by atoms with van der Waals surface area (Å²) in [5, 5.41) is 0. The van der Waals surface area contributed by atoms with E-state index in [0.717, 1.165) is 25.2 Å². The second kappa shape index (κ2) is 3.44. The summed E-state index contributed by atoms with van der Waals surface area (Å²) in [7, 11) is 4.57. The van der Waals surface area contributed by atoms with Crippen LogP contribution in [0.2, 0.25) is 0 Å². The third-order valence-electron chi connectivity index (χ3n) is 4.67. The molecule has 86 valence electrons. The van der Waals surface area contributed by atoms with E-state index >= 15 is 0 Å². The van der Waals surface area contributed by atoms with E-state index in [1.165, 1.54) is 32.5 Å². The van der Waals surface area contributed by atoms with Crippen LogP contribution in [0.1, 0.15) is 12.8 Å². The van der Waals surface area contributed by atoms with Crippen LogP contribution in [0.25, 0.3) is 0 Å². The molecular weight excluding hydrogens is 188 g/mol. The second-order valence-corrected chi connectivity index (χ2v) is 5.91. The Morgan fingerprint density at radius 1 is 1.20 bits per heavy atom.